The molecular formula is C23H29N5O3S. The predicted molar refractivity (Wildman–Crippen MR) is 127 cm³/mol. The molecule has 0 bridgehead atoms. The van der Waals surface area contributed by atoms with Gasteiger partial charge in [-0.3, -0.25) is 4.98 Å². The van der Waals surface area contributed by atoms with Gasteiger partial charge < -0.3 is 10.2 Å². The molecule has 0 amide bonds. The van der Waals surface area contributed by atoms with Gasteiger partial charge in [0.2, 0.25) is 5.89 Å². The van der Waals surface area contributed by atoms with Crippen LogP contribution < -0.4 is 5.73 Å². The molecule has 2 N–H and O–H groups in total. The highest BCUT2D eigenvalue weighted by atomic mass is 32.2. The lowest BCUT2D eigenvalue weighted by atomic mass is 10.1. The molecular weight excluding hydrogens is 426 g/mol. The highest BCUT2D eigenvalue weighted by Crippen LogP contribution is 2.27. The topological polar surface area (TPSA) is 125 Å². The third-order valence-corrected chi connectivity index (χ3v) is 7.29. The van der Waals surface area contributed by atoms with E-state index in [1.165, 1.54) is 0 Å². The number of aromatic nitrogens is 4. The molecule has 2 heterocycles. The summed E-state index contributed by atoms with van der Waals surface area (Å²) in [6, 6.07) is 14.2. The van der Waals surface area contributed by atoms with E-state index in [-0.39, 0.29) is 15.1 Å². The first-order chi connectivity index (χ1) is 15.3. The smallest absolute Gasteiger partial charge is 0.268 e. The lowest BCUT2D eigenvalue weighted by Gasteiger charge is -2.09. The van der Waals surface area contributed by atoms with Crippen LogP contribution in [-0.4, -0.2) is 33.8 Å². The molecule has 0 aliphatic carbocycles. The summed E-state index contributed by atoms with van der Waals surface area (Å²) in [5.74, 6) is 0.632. The largest absolute Gasteiger partial charge is 0.415 e. The van der Waals surface area contributed by atoms with Crippen molar-refractivity contribution in [3.05, 3.63) is 66.0 Å². The minimum Gasteiger partial charge on any atom is -0.415 e. The molecule has 2 aromatic heterocycles. The Morgan fingerprint density at radius 1 is 0.969 bits per heavy atom. The van der Waals surface area contributed by atoms with Crippen molar-refractivity contribution >= 4 is 9.84 Å². The van der Waals surface area contributed by atoms with Gasteiger partial charge in [-0.05, 0) is 50.6 Å². The van der Waals surface area contributed by atoms with Crippen molar-refractivity contribution in [2.24, 2.45) is 5.73 Å². The highest BCUT2D eigenvalue weighted by molar-refractivity contribution is 7.92. The summed E-state index contributed by atoms with van der Waals surface area (Å²) in [5, 5.41) is 7.79. The molecule has 0 aliphatic heterocycles. The number of rotatable bonds is 6. The zero-order valence-corrected chi connectivity index (χ0v) is 18.8. The van der Waals surface area contributed by atoms with Gasteiger partial charge in [0.05, 0.1) is 27.7 Å². The minimum absolute atomic E-state index is 0. The van der Waals surface area contributed by atoms with Crippen molar-refractivity contribution in [2.45, 2.75) is 37.5 Å². The van der Waals surface area contributed by atoms with E-state index < -0.39 is 15.1 Å². The molecule has 9 heteroatoms. The average molecular weight is 456 g/mol. The van der Waals surface area contributed by atoms with Gasteiger partial charge in [-0.15, -0.1) is 10.2 Å². The molecule has 0 aliphatic rings. The fourth-order valence-electron chi connectivity index (χ4n) is 3.10. The second-order valence-electron chi connectivity index (χ2n) is 7.62. The zero-order valence-electron chi connectivity index (χ0n) is 18.0. The summed E-state index contributed by atoms with van der Waals surface area (Å²) in [5.41, 5.74) is 9.86. The van der Waals surface area contributed by atoms with Crippen LogP contribution in [0, 0.1) is 6.92 Å². The second kappa shape index (κ2) is 8.60. The van der Waals surface area contributed by atoms with Crippen LogP contribution in [0.25, 0.3) is 34.3 Å². The normalized spacial score (nSPS) is 11.8. The first kappa shape index (κ1) is 21.8. The summed E-state index contributed by atoms with van der Waals surface area (Å²) < 4.78 is 30.6. The Hall–Kier alpha value is -3.43. The van der Waals surface area contributed by atoms with Crippen molar-refractivity contribution in [2.75, 3.05) is 0 Å². The van der Waals surface area contributed by atoms with Gasteiger partial charge in [0, 0.05) is 22.0 Å². The van der Waals surface area contributed by atoms with E-state index in [1.54, 1.807) is 44.3 Å². The summed E-state index contributed by atoms with van der Waals surface area (Å²) in [4.78, 5) is 9.34. The number of aryl methyl sites for hydroxylation is 1. The quantitative estimate of drug-likeness (QED) is 0.449. The Bertz CT molecular complexity index is 1360. The van der Waals surface area contributed by atoms with Crippen LogP contribution in [0.5, 0.6) is 0 Å². The maximum absolute atomic E-state index is 12.4. The molecule has 4 rings (SSSR count). The van der Waals surface area contributed by atoms with E-state index in [4.69, 9.17) is 10.2 Å². The van der Waals surface area contributed by atoms with E-state index in [9.17, 15) is 8.42 Å². The van der Waals surface area contributed by atoms with Crippen LogP contribution in [0.3, 0.4) is 0 Å². The van der Waals surface area contributed by atoms with Crippen LogP contribution in [0.2, 0.25) is 0 Å². The molecule has 0 fully saturated rings. The van der Waals surface area contributed by atoms with E-state index in [1.807, 2.05) is 31.2 Å². The molecule has 0 atom stereocenters. The zero-order chi connectivity index (χ0) is 22.9. The molecule has 4 aromatic rings. The van der Waals surface area contributed by atoms with Gasteiger partial charge in [0.1, 0.15) is 5.69 Å². The molecule has 0 unspecified atom stereocenters. The van der Waals surface area contributed by atoms with Gasteiger partial charge in [0.25, 0.3) is 5.89 Å². The fourth-order valence-corrected chi connectivity index (χ4v) is 4.16. The van der Waals surface area contributed by atoms with Crippen molar-refractivity contribution < 1.29 is 17.1 Å². The second-order valence-corrected chi connectivity index (χ2v) is 10.1. The molecule has 0 saturated heterocycles. The Morgan fingerprint density at radius 3 is 2.22 bits per heavy atom. The van der Waals surface area contributed by atoms with Crippen LogP contribution in [0.15, 0.2) is 64.0 Å². The SMILES string of the molecule is Cc1ncc(-c2ccc(S(=O)(=O)C(C)C)cc2)nc1-c1nnc(-c2ccc(CN)cc2)o1.[HH].[HH].[HH]. The van der Waals surface area contributed by atoms with E-state index >= 15 is 0 Å². The summed E-state index contributed by atoms with van der Waals surface area (Å²) >= 11 is 0. The Morgan fingerprint density at radius 2 is 1.59 bits per heavy atom. The number of nitrogens with two attached hydrogens (primary N) is 1. The standard InChI is InChI=1S/C23H23N5O3S.3H2/c1-14(2)32(29,30)19-10-8-17(9-11-19)20-13-25-15(3)21(26-20)23-28-27-22(31-23)18-6-4-16(12-24)5-7-18;;;/h4-11,13-14H,12,24H2,1-3H3;3*1H. The molecule has 0 saturated carbocycles. The van der Waals surface area contributed by atoms with Crippen LogP contribution in [-0.2, 0) is 16.4 Å². The first-order valence-corrected chi connectivity index (χ1v) is 11.7. The molecule has 170 valence electrons. The summed E-state index contributed by atoms with van der Waals surface area (Å²) in [6.45, 7) is 5.59. The van der Waals surface area contributed by atoms with Gasteiger partial charge in [0.15, 0.2) is 9.84 Å². The summed E-state index contributed by atoms with van der Waals surface area (Å²) in [7, 11) is -3.34. The van der Waals surface area contributed by atoms with Gasteiger partial charge in [-0.1, -0.05) is 24.3 Å². The minimum atomic E-state index is -3.34. The maximum Gasteiger partial charge on any atom is 0.268 e. The van der Waals surface area contributed by atoms with Crippen molar-refractivity contribution in [1.82, 2.24) is 20.2 Å². The Kier molecular flexibility index (Phi) is 5.86. The van der Waals surface area contributed by atoms with Crippen LogP contribution >= 0.6 is 0 Å². The number of hydrogen-bond acceptors (Lipinski definition) is 8. The van der Waals surface area contributed by atoms with Crippen LogP contribution in [0.4, 0.5) is 0 Å². The van der Waals surface area contributed by atoms with Crippen LogP contribution in [0.1, 0.15) is 29.4 Å². The maximum atomic E-state index is 12.4. The molecule has 8 nitrogen and oxygen atoms in total. The van der Waals surface area contributed by atoms with Crippen molar-refractivity contribution in [3.63, 3.8) is 0 Å². The number of sulfone groups is 1. The molecule has 32 heavy (non-hydrogen) atoms. The van der Waals surface area contributed by atoms with Gasteiger partial charge >= 0.3 is 0 Å². The first-order valence-electron chi connectivity index (χ1n) is 10.1. The van der Waals surface area contributed by atoms with Gasteiger partial charge in [-0.2, -0.15) is 0 Å². The lowest BCUT2D eigenvalue weighted by molar-refractivity contribution is 0.581. The number of hydrogen-bond donors (Lipinski definition) is 1. The van der Waals surface area contributed by atoms with E-state index in [0.29, 0.717) is 29.5 Å². The predicted octanol–water partition coefficient (Wildman–Crippen LogP) is 4.55. The average Bonchev–Trinajstić information content (AvgIpc) is 3.29. The molecule has 2 aromatic carbocycles. The van der Waals surface area contributed by atoms with Crippen molar-refractivity contribution in [3.8, 4) is 34.3 Å². The van der Waals surface area contributed by atoms with Gasteiger partial charge in [-0.25, -0.2) is 13.4 Å². The van der Waals surface area contributed by atoms with E-state index in [2.05, 4.69) is 20.2 Å². The Labute approximate surface area is 190 Å². The molecule has 0 spiro atoms. The number of nitrogens with zero attached hydrogens (tertiary/aromatic N) is 4. The third-order valence-electron chi connectivity index (χ3n) is 5.12. The van der Waals surface area contributed by atoms with E-state index in [0.717, 1.165) is 16.7 Å². The number of benzene rings is 2. The molecule has 0 radical (unpaired) electrons. The summed E-state index contributed by atoms with van der Waals surface area (Å²) in [6.07, 6.45) is 1.63. The Balaban J connectivity index is 0.00000204. The fraction of sp³-hybridized carbons (Fsp3) is 0.217. The van der Waals surface area contributed by atoms with Crippen molar-refractivity contribution in [1.29, 1.82) is 0 Å². The third kappa shape index (κ3) is 4.17. The monoisotopic (exact) mass is 455 g/mol. The lowest BCUT2D eigenvalue weighted by Crippen LogP contribution is -2.13. The highest BCUT2D eigenvalue weighted by Gasteiger charge is 2.20.